The lowest BCUT2D eigenvalue weighted by atomic mass is 10.0. The van der Waals surface area contributed by atoms with Crippen molar-refractivity contribution >= 4 is 34.0 Å². The molecule has 5 heteroatoms. The first-order valence-electron chi connectivity index (χ1n) is 6.70. The molecular weight excluding hydrogens is 300 g/mol. The Labute approximate surface area is 132 Å². The van der Waals surface area contributed by atoms with Gasteiger partial charge in [0.2, 0.25) is 5.91 Å². The van der Waals surface area contributed by atoms with E-state index in [9.17, 15) is 9.90 Å². The van der Waals surface area contributed by atoms with E-state index in [4.69, 9.17) is 11.6 Å². The number of halogens is 1. The van der Waals surface area contributed by atoms with Crippen LogP contribution in [-0.2, 0) is 4.79 Å². The summed E-state index contributed by atoms with van der Waals surface area (Å²) < 4.78 is 0. The maximum Gasteiger partial charge on any atom is 0.221 e. The molecule has 0 aliphatic heterocycles. The number of benzene rings is 2. The van der Waals surface area contributed by atoms with Gasteiger partial charge < -0.3 is 10.4 Å². The molecule has 0 aliphatic carbocycles. The number of aromatic nitrogens is 1. The summed E-state index contributed by atoms with van der Waals surface area (Å²) in [4.78, 5) is 15.8. The van der Waals surface area contributed by atoms with E-state index in [1.807, 2.05) is 18.2 Å². The van der Waals surface area contributed by atoms with Crippen LogP contribution in [0.3, 0.4) is 0 Å². The average molecular weight is 313 g/mol. The first kappa shape index (κ1) is 14.4. The largest absolute Gasteiger partial charge is 0.507 e. The first-order chi connectivity index (χ1) is 10.6. The van der Waals surface area contributed by atoms with Crippen LogP contribution in [0.15, 0.2) is 48.7 Å². The van der Waals surface area contributed by atoms with Crippen LogP contribution >= 0.6 is 11.6 Å². The second kappa shape index (κ2) is 5.66. The van der Waals surface area contributed by atoms with Crippen LogP contribution in [0.4, 0.5) is 5.69 Å². The molecule has 3 rings (SSSR count). The van der Waals surface area contributed by atoms with E-state index in [1.54, 1.807) is 24.4 Å². The molecule has 0 atom stereocenters. The van der Waals surface area contributed by atoms with Crippen LogP contribution in [0.1, 0.15) is 6.92 Å². The van der Waals surface area contributed by atoms with Crippen molar-refractivity contribution in [3.8, 4) is 17.0 Å². The van der Waals surface area contributed by atoms with Crippen molar-refractivity contribution in [3.63, 3.8) is 0 Å². The van der Waals surface area contributed by atoms with Crippen molar-refractivity contribution in [1.82, 2.24) is 4.98 Å². The van der Waals surface area contributed by atoms with Gasteiger partial charge in [-0.15, -0.1) is 0 Å². The van der Waals surface area contributed by atoms with E-state index in [-0.39, 0.29) is 11.7 Å². The summed E-state index contributed by atoms with van der Waals surface area (Å²) >= 11 is 6.03. The van der Waals surface area contributed by atoms with Gasteiger partial charge in [0.05, 0.1) is 11.4 Å². The van der Waals surface area contributed by atoms with Gasteiger partial charge in [0.15, 0.2) is 0 Å². The van der Waals surface area contributed by atoms with Crippen LogP contribution in [0, 0.1) is 0 Å². The van der Waals surface area contributed by atoms with Crippen molar-refractivity contribution in [3.05, 3.63) is 53.7 Å². The standard InChI is InChI=1S/C17H13ClN2O2/c1-10(21)20-14-4-2-3-11-7-8-19-17(16(11)14)13-9-12(18)5-6-15(13)22/h2-9,22H,1H3,(H,20,21). The second-order valence-electron chi connectivity index (χ2n) is 4.91. The molecule has 4 nitrogen and oxygen atoms in total. The number of nitrogens with zero attached hydrogens (tertiary/aromatic N) is 1. The maximum absolute atomic E-state index is 11.4. The maximum atomic E-state index is 11.4. The summed E-state index contributed by atoms with van der Waals surface area (Å²) in [5.41, 5.74) is 1.74. The number of phenols is 1. The summed E-state index contributed by atoms with van der Waals surface area (Å²) in [5.74, 6) is -0.0837. The molecule has 2 aromatic carbocycles. The molecule has 0 saturated heterocycles. The van der Waals surface area contributed by atoms with Gasteiger partial charge in [-0.1, -0.05) is 23.7 Å². The Bertz CT molecular complexity index is 872. The van der Waals surface area contributed by atoms with Crippen molar-refractivity contribution in [2.24, 2.45) is 0 Å². The molecule has 0 saturated carbocycles. The number of carbonyl (C=O) groups excluding carboxylic acids is 1. The molecule has 1 aromatic heterocycles. The molecule has 0 radical (unpaired) electrons. The first-order valence-corrected chi connectivity index (χ1v) is 7.08. The highest BCUT2D eigenvalue weighted by Crippen LogP contribution is 2.37. The minimum absolute atomic E-state index is 0.0852. The highest BCUT2D eigenvalue weighted by atomic mass is 35.5. The zero-order valence-corrected chi connectivity index (χ0v) is 12.6. The molecule has 0 fully saturated rings. The third kappa shape index (κ3) is 2.61. The van der Waals surface area contributed by atoms with Crippen molar-refractivity contribution in [2.75, 3.05) is 5.32 Å². The minimum Gasteiger partial charge on any atom is -0.507 e. The van der Waals surface area contributed by atoms with E-state index in [2.05, 4.69) is 10.3 Å². The Morgan fingerprint density at radius 2 is 2.05 bits per heavy atom. The third-order valence-electron chi connectivity index (χ3n) is 3.32. The Hall–Kier alpha value is -2.59. The van der Waals surface area contributed by atoms with E-state index in [0.717, 1.165) is 10.8 Å². The smallest absolute Gasteiger partial charge is 0.221 e. The van der Waals surface area contributed by atoms with Gasteiger partial charge in [-0.05, 0) is 35.7 Å². The summed E-state index contributed by atoms with van der Waals surface area (Å²) in [7, 11) is 0. The molecule has 110 valence electrons. The van der Waals surface area contributed by atoms with Gasteiger partial charge in [-0.2, -0.15) is 0 Å². The highest BCUT2D eigenvalue weighted by molar-refractivity contribution is 6.31. The number of anilines is 1. The molecule has 1 heterocycles. The molecule has 2 N–H and O–H groups in total. The highest BCUT2D eigenvalue weighted by Gasteiger charge is 2.14. The van der Waals surface area contributed by atoms with Crippen LogP contribution in [0.5, 0.6) is 5.75 Å². The number of hydrogen-bond acceptors (Lipinski definition) is 3. The van der Waals surface area contributed by atoms with Gasteiger partial charge in [0.1, 0.15) is 5.75 Å². The van der Waals surface area contributed by atoms with E-state index in [0.29, 0.717) is 22.0 Å². The average Bonchev–Trinajstić information content (AvgIpc) is 2.49. The van der Waals surface area contributed by atoms with E-state index in [1.165, 1.54) is 13.0 Å². The molecule has 0 aliphatic rings. The molecule has 0 unspecified atom stereocenters. The number of fused-ring (bicyclic) bond motifs is 1. The van der Waals surface area contributed by atoms with E-state index < -0.39 is 0 Å². The molecule has 0 spiro atoms. The fourth-order valence-corrected chi connectivity index (χ4v) is 2.60. The molecular formula is C17H13ClN2O2. The summed E-state index contributed by atoms with van der Waals surface area (Å²) in [5, 5.41) is 15.1. The van der Waals surface area contributed by atoms with Gasteiger partial charge >= 0.3 is 0 Å². The number of hydrogen-bond donors (Lipinski definition) is 2. The number of amides is 1. The zero-order valence-electron chi connectivity index (χ0n) is 11.8. The summed E-state index contributed by atoms with van der Waals surface area (Å²) in [6, 6.07) is 12.2. The normalized spacial score (nSPS) is 10.6. The number of nitrogens with one attached hydrogen (secondary N) is 1. The van der Waals surface area contributed by atoms with Gasteiger partial charge in [0.25, 0.3) is 0 Å². The van der Waals surface area contributed by atoms with Crippen LogP contribution in [0.2, 0.25) is 5.02 Å². The summed E-state index contributed by atoms with van der Waals surface area (Å²) in [6.45, 7) is 1.45. The predicted octanol–water partition coefficient (Wildman–Crippen LogP) is 4.22. The fourth-order valence-electron chi connectivity index (χ4n) is 2.43. The molecule has 3 aromatic rings. The van der Waals surface area contributed by atoms with Crippen molar-refractivity contribution in [1.29, 1.82) is 0 Å². The Morgan fingerprint density at radius 1 is 1.23 bits per heavy atom. The number of aromatic hydroxyl groups is 1. The van der Waals surface area contributed by atoms with Crippen LogP contribution in [-0.4, -0.2) is 16.0 Å². The van der Waals surface area contributed by atoms with Crippen LogP contribution in [0.25, 0.3) is 22.0 Å². The Balaban J connectivity index is 2.34. The summed E-state index contributed by atoms with van der Waals surface area (Å²) in [6.07, 6.45) is 1.66. The quantitative estimate of drug-likeness (QED) is 0.744. The van der Waals surface area contributed by atoms with Gasteiger partial charge in [0, 0.05) is 29.1 Å². The predicted molar refractivity (Wildman–Crippen MR) is 88.2 cm³/mol. The zero-order chi connectivity index (χ0) is 15.7. The third-order valence-corrected chi connectivity index (χ3v) is 3.55. The van der Waals surface area contributed by atoms with E-state index >= 15 is 0 Å². The Kier molecular flexibility index (Phi) is 3.69. The lowest BCUT2D eigenvalue weighted by Gasteiger charge is -2.12. The second-order valence-corrected chi connectivity index (χ2v) is 5.34. The SMILES string of the molecule is CC(=O)Nc1cccc2ccnc(-c3cc(Cl)ccc3O)c12. The molecule has 22 heavy (non-hydrogen) atoms. The number of rotatable bonds is 2. The monoisotopic (exact) mass is 312 g/mol. The number of pyridine rings is 1. The van der Waals surface area contributed by atoms with Crippen molar-refractivity contribution in [2.45, 2.75) is 6.92 Å². The van der Waals surface area contributed by atoms with Crippen molar-refractivity contribution < 1.29 is 9.90 Å². The molecule has 1 amide bonds. The molecule has 0 bridgehead atoms. The minimum atomic E-state index is -0.169. The number of carbonyl (C=O) groups is 1. The fraction of sp³-hybridized carbons (Fsp3) is 0.0588. The lowest BCUT2D eigenvalue weighted by Crippen LogP contribution is -2.06. The Morgan fingerprint density at radius 3 is 2.82 bits per heavy atom. The topological polar surface area (TPSA) is 62.2 Å². The lowest BCUT2D eigenvalue weighted by molar-refractivity contribution is -0.114. The van der Waals surface area contributed by atoms with Gasteiger partial charge in [-0.3, -0.25) is 9.78 Å². The number of phenolic OH excluding ortho intramolecular Hbond substituents is 1. The van der Waals surface area contributed by atoms with Crippen LogP contribution < -0.4 is 5.32 Å². The van der Waals surface area contributed by atoms with Gasteiger partial charge in [-0.25, -0.2) is 0 Å².